The molecular weight excluding hydrogens is 294 g/mol. The lowest BCUT2D eigenvalue weighted by atomic mass is 10.1. The van der Waals surface area contributed by atoms with E-state index in [1.165, 1.54) is 6.20 Å². The molecule has 3 rings (SSSR count). The lowest BCUT2D eigenvalue weighted by molar-refractivity contribution is 0.0698. The van der Waals surface area contributed by atoms with Gasteiger partial charge in [0.25, 0.3) is 0 Å². The highest BCUT2D eigenvalue weighted by atomic mass is 35.5. The van der Waals surface area contributed by atoms with Crippen molar-refractivity contribution in [2.75, 3.05) is 11.9 Å². The highest BCUT2D eigenvalue weighted by molar-refractivity contribution is 6.32. The third-order valence-electron chi connectivity index (χ3n) is 3.39. The van der Waals surface area contributed by atoms with E-state index < -0.39 is 5.97 Å². The quantitative estimate of drug-likeness (QED) is 0.908. The van der Waals surface area contributed by atoms with Gasteiger partial charge in [-0.3, -0.25) is 0 Å². The van der Waals surface area contributed by atoms with Gasteiger partial charge in [-0.1, -0.05) is 17.7 Å². The van der Waals surface area contributed by atoms with Crippen LogP contribution in [0.15, 0.2) is 24.4 Å². The molecule has 1 aliphatic heterocycles. The number of nitrogens with one attached hydrogen (secondary N) is 1. The molecule has 1 atom stereocenters. The summed E-state index contributed by atoms with van der Waals surface area (Å²) in [5, 5.41) is 16.9. The number of benzene rings is 1. The van der Waals surface area contributed by atoms with E-state index in [2.05, 4.69) is 10.4 Å². The molecule has 2 N–H and O–H groups in total. The Labute approximate surface area is 126 Å². The number of carboxylic acid groups (broad SMARTS) is 1. The Balaban J connectivity index is 1.84. The number of aromatic carboxylic acids is 1. The number of hydrogen-bond donors (Lipinski definition) is 2. The number of nitrogens with zero attached hydrogens (tertiary/aromatic N) is 2. The first-order valence-electron chi connectivity index (χ1n) is 6.58. The summed E-state index contributed by atoms with van der Waals surface area (Å²) in [5.41, 5.74) is 1.14. The van der Waals surface area contributed by atoms with Crippen LogP contribution in [0.5, 0.6) is 5.75 Å². The van der Waals surface area contributed by atoms with Gasteiger partial charge in [0.1, 0.15) is 17.1 Å². The third-order valence-corrected chi connectivity index (χ3v) is 3.69. The minimum atomic E-state index is -0.992. The van der Waals surface area contributed by atoms with Crippen molar-refractivity contribution in [3.63, 3.8) is 0 Å². The topological polar surface area (TPSA) is 76.4 Å². The van der Waals surface area contributed by atoms with Crippen LogP contribution < -0.4 is 10.1 Å². The number of fused-ring (bicyclic) bond motifs is 1. The van der Waals surface area contributed by atoms with E-state index >= 15 is 0 Å². The summed E-state index contributed by atoms with van der Waals surface area (Å²) in [6.45, 7) is 3.01. The Hall–Kier alpha value is -2.21. The number of hydrogen-bond acceptors (Lipinski definition) is 4. The predicted molar refractivity (Wildman–Crippen MR) is 78.2 cm³/mol. The molecule has 0 saturated heterocycles. The maximum Gasteiger partial charge on any atom is 0.341 e. The molecule has 0 aliphatic carbocycles. The second-order valence-electron chi connectivity index (χ2n) is 4.71. The first-order valence-corrected chi connectivity index (χ1v) is 6.95. The van der Waals surface area contributed by atoms with Crippen LogP contribution in [-0.2, 0) is 6.54 Å². The Morgan fingerprint density at radius 1 is 1.62 bits per heavy atom. The fraction of sp³-hybridized carbons (Fsp3) is 0.286. The van der Waals surface area contributed by atoms with Crippen molar-refractivity contribution in [1.29, 1.82) is 0 Å². The number of rotatable bonds is 4. The van der Waals surface area contributed by atoms with Gasteiger partial charge in [0, 0.05) is 0 Å². The van der Waals surface area contributed by atoms with E-state index in [0.717, 1.165) is 5.56 Å². The largest absolute Gasteiger partial charge is 0.492 e. The van der Waals surface area contributed by atoms with Gasteiger partial charge in [-0.2, -0.15) is 5.10 Å². The summed E-state index contributed by atoms with van der Waals surface area (Å²) in [4.78, 5) is 11.1. The summed E-state index contributed by atoms with van der Waals surface area (Å²) in [6, 6.07) is 5.51. The summed E-state index contributed by atoms with van der Waals surface area (Å²) < 4.78 is 7.06. The van der Waals surface area contributed by atoms with Crippen molar-refractivity contribution in [2.45, 2.75) is 19.5 Å². The number of aromatic nitrogens is 2. The van der Waals surface area contributed by atoms with E-state index in [0.29, 0.717) is 29.7 Å². The molecule has 0 amide bonds. The van der Waals surface area contributed by atoms with Crippen molar-refractivity contribution in [3.05, 3.63) is 40.5 Å². The van der Waals surface area contributed by atoms with Gasteiger partial charge in [-0.25, -0.2) is 9.48 Å². The van der Waals surface area contributed by atoms with Gasteiger partial charge < -0.3 is 15.2 Å². The Morgan fingerprint density at radius 2 is 2.43 bits per heavy atom. The monoisotopic (exact) mass is 307 g/mol. The first kappa shape index (κ1) is 13.8. The lowest BCUT2D eigenvalue weighted by Gasteiger charge is -2.13. The molecule has 7 heteroatoms. The number of carbonyl (C=O) groups is 1. The maximum absolute atomic E-state index is 11.1. The van der Waals surface area contributed by atoms with Crippen LogP contribution in [0.3, 0.4) is 0 Å². The van der Waals surface area contributed by atoms with Crippen LogP contribution in [-0.4, -0.2) is 27.5 Å². The molecule has 0 saturated carbocycles. The van der Waals surface area contributed by atoms with Crippen molar-refractivity contribution in [2.24, 2.45) is 0 Å². The van der Waals surface area contributed by atoms with Crippen LogP contribution in [0.25, 0.3) is 0 Å². The SMILES string of the molecule is CCOc1ccc([C@H]2Cn3ncc(C(=O)O)c3N2)cc1Cl. The van der Waals surface area contributed by atoms with E-state index in [1.807, 2.05) is 25.1 Å². The third kappa shape index (κ3) is 2.42. The Kier molecular flexibility index (Phi) is 3.47. The first-order chi connectivity index (χ1) is 10.1. The summed E-state index contributed by atoms with van der Waals surface area (Å²) in [6.07, 6.45) is 1.35. The number of ether oxygens (including phenoxy) is 1. The van der Waals surface area contributed by atoms with Crippen molar-refractivity contribution < 1.29 is 14.6 Å². The van der Waals surface area contributed by atoms with Crippen LogP contribution in [0.4, 0.5) is 5.82 Å². The van der Waals surface area contributed by atoms with Gasteiger partial charge in [0.2, 0.25) is 0 Å². The van der Waals surface area contributed by atoms with Crippen LogP contribution in [0.2, 0.25) is 5.02 Å². The Morgan fingerprint density at radius 3 is 3.10 bits per heavy atom. The molecule has 0 bridgehead atoms. The standard InChI is InChI=1S/C14H14ClN3O3/c1-2-21-12-4-3-8(5-10(12)15)11-7-18-13(17-11)9(6-16-18)14(19)20/h3-6,11,17H,2,7H2,1H3,(H,19,20)/t11-/m1/s1. The van der Waals surface area contributed by atoms with Crippen LogP contribution >= 0.6 is 11.6 Å². The zero-order chi connectivity index (χ0) is 15.0. The predicted octanol–water partition coefficient (Wildman–Crippen LogP) is 2.80. The van der Waals surface area contributed by atoms with Gasteiger partial charge in [0.05, 0.1) is 30.4 Å². The number of anilines is 1. The molecule has 2 heterocycles. The van der Waals surface area contributed by atoms with Crippen molar-refractivity contribution >= 4 is 23.4 Å². The van der Waals surface area contributed by atoms with Crippen molar-refractivity contribution in [1.82, 2.24) is 9.78 Å². The zero-order valence-corrected chi connectivity index (χ0v) is 12.1. The Bertz CT molecular complexity index is 699. The molecule has 110 valence electrons. The van der Waals surface area contributed by atoms with E-state index in [1.54, 1.807) is 4.68 Å². The molecule has 2 aromatic rings. The number of halogens is 1. The van der Waals surface area contributed by atoms with E-state index in [-0.39, 0.29) is 11.6 Å². The fourth-order valence-electron chi connectivity index (χ4n) is 2.41. The molecule has 6 nitrogen and oxygen atoms in total. The minimum Gasteiger partial charge on any atom is -0.492 e. The fourth-order valence-corrected chi connectivity index (χ4v) is 2.65. The maximum atomic E-state index is 11.1. The summed E-state index contributed by atoms with van der Waals surface area (Å²) in [5.74, 6) is 0.177. The molecule has 1 aromatic heterocycles. The van der Waals surface area contributed by atoms with Crippen LogP contribution in [0.1, 0.15) is 28.9 Å². The normalized spacial score (nSPS) is 16.4. The zero-order valence-electron chi connectivity index (χ0n) is 11.3. The van der Waals surface area contributed by atoms with E-state index in [4.69, 9.17) is 21.4 Å². The average Bonchev–Trinajstić information content (AvgIpc) is 3.00. The second kappa shape index (κ2) is 5.29. The molecule has 0 fully saturated rings. The van der Waals surface area contributed by atoms with Crippen molar-refractivity contribution in [3.8, 4) is 5.75 Å². The lowest BCUT2D eigenvalue weighted by Crippen LogP contribution is -2.09. The highest BCUT2D eigenvalue weighted by Crippen LogP contribution is 2.34. The van der Waals surface area contributed by atoms with Gasteiger partial charge in [-0.15, -0.1) is 0 Å². The van der Waals surface area contributed by atoms with Gasteiger partial charge in [-0.05, 0) is 24.6 Å². The summed E-state index contributed by atoms with van der Waals surface area (Å²) in [7, 11) is 0. The molecule has 1 aliphatic rings. The second-order valence-corrected chi connectivity index (χ2v) is 5.12. The minimum absolute atomic E-state index is 0.0556. The smallest absolute Gasteiger partial charge is 0.341 e. The summed E-state index contributed by atoms with van der Waals surface area (Å²) >= 11 is 6.18. The number of carboxylic acids is 1. The van der Waals surface area contributed by atoms with Gasteiger partial charge >= 0.3 is 5.97 Å². The molecule has 1 aromatic carbocycles. The molecule has 0 unspecified atom stereocenters. The average molecular weight is 308 g/mol. The van der Waals surface area contributed by atoms with Crippen LogP contribution in [0, 0.1) is 0 Å². The molecule has 21 heavy (non-hydrogen) atoms. The van der Waals surface area contributed by atoms with E-state index in [9.17, 15) is 4.79 Å². The van der Waals surface area contributed by atoms with Gasteiger partial charge in [0.15, 0.2) is 0 Å². The molecule has 0 radical (unpaired) electrons. The molecule has 0 spiro atoms. The molecular formula is C14H14ClN3O3. The highest BCUT2D eigenvalue weighted by Gasteiger charge is 2.28.